The Bertz CT molecular complexity index is 526. The molecule has 0 aromatic heterocycles. The Morgan fingerprint density at radius 1 is 1.04 bits per heavy atom. The van der Waals surface area contributed by atoms with Gasteiger partial charge < -0.3 is 14.8 Å². The first-order valence-corrected chi connectivity index (χ1v) is 7.95. The van der Waals surface area contributed by atoms with Gasteiger partial charge in [-0.05, 0) is 36.9 Å². The van der Waals surface area contributed by atoms with Crippen molar-refractivity contribution in [1.82, 2.24) is 5.32 Å². The lowest BCUT2D eigenvalue weighted by atomic mass is 9.94. The van der Waals surface area contributed by atoms with E-state index in [9.17, 15) is 9.59 Å². The molecule has 0 aliphatic heterocycles. The van der Waals surface area contributed by atoms with Gasteiger partial charge in [-0.1, -0.05) is 45.9 Å². The first kappa shape index (κ1) is 19.2. The van der Waals surface area contributed by atoms with E-state index in [1.807, 2.05) is 45.9 Å². The summed E-state index contributed by atoms with van der Waals surface area (Å²) in [4.78, 5) is 23.6. The molecule has 1 atom stereocenters. The number of hydrogen-bond donors (Lipinski definition) is 1. The third-order valence-corrected chi connectivity index (χ3v) is 3.65. The second kappa shape index (κ2) is 8.67. The molecular formula is C18H27NO4. The number of esters is 2. The molecule has 128 valence electrons. The summed E-state index contributed by atoms with van der Waals surface area (Å²) in [7, 11) is 1.65. The highest BCUT2D eigenvalue weighted by Crippen LogP contribution is 2.34. The van der Waals surface area contributed by atoms with Gasteiger partial charge in [0.15, 0.2) is 6.61 Å². The standard InChI is InChI=1S/C18H27NO4/c1-11(2)14-8-7-9-15(12(3)4)17(14)23-16(20)10-22-18(21)13(5)19-6/h7-9,11-13,19H,10H2,1-6H3/t13-/m0/s1. The maximum Gasteiger partial charge on any atom is 0.349 e. The SMILES string of the molecule is CN[C@@H](C)C(=O)OCC(=O)Oc1c(C(C)C)cccc1C(C)C. The summed E-state index contributed by atoms with van der Waals surface area (Å²) in [5.41, 5.74) is 1.94. The molecule has 1 aromatic rings. The molecule has 0 saturated heterocycles. The zero-order valence-corrected chi connectivity index (χ0v) is 14.8. The van der Waals surface area contributed by atoms with E-state index in [0.717, 1.165) is 11.1 Å². The molecule has 0 radical (unpaired) electrons. The smallest absolute Gasteiger partial charge is 0.349 e. The van der Waals surface area contributed by atoms with Gasteiger partial charge in [-0.2, -0.15) is 0 Å². The number of benzene rings is 1. The summed E-state index contributed by atoms with van der Waals surface area (Å²) >= 11 is 0. The molecule has 0 fully saturated rings. The Kier molecular flexibility index (Phi) is 7.23. The number of ether oxygens (including phenoxy) is 2. The Hall–Kier alpha value is -1.88. The molecule has 0 amide bonds. The maximum atomic E-state index is 12.1. The fraction of sp³-hybridized carbons (Fsp3) is 0.556. The summed E-state index contributed by atoms with van der Waals surface area (Å²) in [6.45, 7) is 9.46. The van der Waals surface area contributed by atoms with Crippen molar-refractivity contribution >= 4 is 11.9 Å². The molecule has 0 heterocycles. The molecule has 1 rings (SSSR count). The normalized spacial score (nSPS) is 12.3. The van der Waals surface area contributed by atoms with Crippen LogP contribution < -0.4 is 10.1 Å². The molecule has 1 aromatic carbocycles. The predicted molar refractivity (Wildman–Crippen MR) is 89.7 cm³/mol. The lowest BCUT2D eigenvalue weighted by Gasteiger charge is -2.19. The van der Waals surface area contributed by atoms with Gasteiger partial charge in [-0.15, -0.1) is 0 Å². The van der Waals surface area contributed by atoms with Gasteiger partial charge in [0.05, 0.1) is 0 Å². The van der Waals surface area contributed by atoms with Gasteiger partial charge in [-0.3, -0.25) is 4.79 Å². The fourth-order valence-electron chi connectivity index (χ4n) is 2.12. The van der Waals surface area contributed by atoms with E-state index in [-0.39, 0.29) is 11.8 Å². The summed E-state index contributed by atoms with van der Waals surface area (Å²) < 4.78 is 10.5. The van der Waals surface area contributed by atoms with Crippen molar-refractivity contribution in [2.75, 3.05) is 13.7 Å². The number of hydrogen-bond acceptors (Lipinski definition) is 5. The van der Waals surface area contributed by atoms with Crippen molar-refractivity contribution in [2.45, 2.75) is 52.5 Å². The Balaban J connectivity index is 2.87. The van der Waals surface area contributed by atoms with Crippen molar-refractivity contribution in [3.05, 3.63) is 29.3 Å². The molecule has 5 nitrogen and oxygen atoms in total. The van der Waals surface area contributed by atoms with Crippen LogP contribution in [0.4, 0.5) is 0 Å². The van der Waals surface area contributed by atoms with Crippen molar-refractivity contribution in [3.63, 3.8) is 0 Å². The van der Waals surface area contributed by atoms with Crippen LogP contribution in [-0.4, -0.2) is 31.6 Å². The van der Waals surface area contributed by atoms with Crippen LogP contribution in [0.1, 0.15) is 57.6 Å². The minimum atomic E-state index is -0.573. The van der Waals surface area contributed by atoms with Gasteiger partial charge in [0.1, 0.15) is 11.8 Å². The number of carbonyl (C=O) groups excluding carboxylic acids is 2. The minimum Gasteiger partial charge on any atom is -0.452 e. The van der Waals surface area contributed by atoms with Crippen LogP contribution in [0.2, 0.25) is 0 Å². The Morgan fingerprint density at radius 3 is 2.00 bits per heavy atom. The lowest BCUT2D eigenvalue weighted by molar-refractivity contribution is -0.154. The van der Waals surface area contributed by atoms with Crippen molar-refractivity contribution < 1.29 is 19.1 Å². The monoisotopic (exact) mass is 321 g/mol. The molecule has 0 saturated carbocycles. The average molecular weight is 321 g/mol. The van der Waals surface area contributed by atoms with E-state index in [2.05, 4.69) is 5.32 Å². The lowest BCUT2D eigenvalue weighted by Crippen LogP contribution is -2.34. The molecular weight excluding hydrogens is 294 g/mol. The van der Waals surface area contributed by atoms with E-state index >= 15 is 0 Å². The third-order valence-electron chi connectivity index (χ3n) is 3.65. The highest BCUT2D eigenvalue weighted by atomic mass is 16.6. The third kappa shape index (κ3) is 5.36. The maximum absolute atomic E-state index is 12.1. The number of likely N-dealkylation sites (N-methyl/N-ethyl adjacent to an activating group) is 1. The first-order chi connectivity index (χ1) is 10.8. The van der Waals surface area contributed by atoms with E-state index in [1.54, 1.807) is 14.0 Å². The highest BCUT2D eigenvalue weighted by molar-refractivity contribution is 5.80. The molecule has 0 aliphatic carbocycles. The van der Waals surface area contributed by atoms with Crippen LogP contribution in [0.25, 0.3) is 0 Å². The van der Waals surface area contributed by atoms with E-state index in [4.69, 9.17) is 9.47 Å². The highest BCUT2D eigenvalue weighted by Gasteiger charge is 2.20. The Labute approximate surface area is 138 Å². The molecule has 0 unspecified atom stereocenters. The zero-order valence-electron chi connectivity index (χ0n) is 14.8. The van der Waals surface area contributed by atoms with Crippen molar-refractivity contribution in [2.24, 2.45) is 0 Å². The number of rotatable bonds is 7. The van der Waals surface area contributed by atoms with Crippen LogP contribution in [-0.2, 0) is 14.3 Å². The largest absolute Gasteiger partial charge is 0.452 e. The van der Waals surface area contributed by atoms with Crippen LogP contribution in [0.15, 0.2) is 18.2 Å². The van der Waals surface area contributed by atoms with Gasteiger partial charge in [0.2, 0.25) is 0 Å². The molecule has 0 aliphatic rings. The van der Waals surface area contributed by atoms with Crippen molar-refractivity contribution in [1.29, 1.82) is 0 Å². The van der Waals surface area contributed by atoms with Crippen LogP contribution >= 0.6 is 0 Å². The van der Waals surface area contributed by atoms with Crippen molar-refractivity contribution in [3.8, 4) is 5.75 Å². The number of nitrogens with one attached hydrogen (secondary N) is 1. The van der Waals surface area contributed by atoms with Crippen LogP contribution in [0.5, 0.6) is 5.75 Å². The quantitative estimate of drug-likeness (QED) is 0.618. The van der Waals surface area contributed by atoms with Gasteiger partial charge in [-0.25, -0.2) is 4.79 Å². The molecule has 0 bridgehead atoms. The predicted octanol–water partition coefficient (Wildman–Crippen LogP) is 2.99. The van der Waals surface area contributed by atoms with Crippen LogP contribution in [0, 0.1) is 0 Å². The van der Waals surface area contributed by atoms with Gasteiger partial charge in [0.25, 0.3) is 0 Å². The zero-order chi connectivity index (χ0) is 17.6. The second-order valence-corrected chi connectivity index (χ2v) is 6.17. The van der Waals surface area contributed by atoms with E-state index in [0.29, 0.717) is 5.75 Å². The summed E-state index contributed by atoms with van der Waals surface area (Å²) in [5, 5.41) is 2.76. The topological polar surface area (TPSA) is 64.6 Å². The molecule has 1 N–H and O–H groups in total. The van der Waals surface area contributed by atoms with Crippen LogP contribution in [0.3, 0.4) is 0 Å². The molecule has 23 heavy (non-hydrogen) atoms. The first-order valence-electron chi connectivity index (χ1n) is 7.95. The number of para-hydroxylation sites is 1. The summed E-state index contributed by atoms with van der Waals surface area (Å²) in [5.74, 6) is -0.0192. The number of carbonyl (C=O) groups is 2. The average Bonchev–Trinajstić information content (AvgIpc) is 2.51. The van der Waals surface area contributed by atoms with E-state index < -0.39 is 24.6 Å². The summed E-state index contributed by atoms with van der Waals surface area (Å²) in [6, 6.07) is 5.41. The molecule has 0 spiro atoms. The second-order valence-electron chi connectivity index (χ2n) is 6.17. The summed E-state index contributed by atoms with van der Waals surface area (Å²) in [6.07, 6.45) is 0. The van der Waals surface area contributed by atoms with E-state index in [1.165, 1.54) is 0 Å². The van der Waals surface area contributed by atoms with Gasteiger partial charge >= 0.3 is 11.9 Å². The molecule has 5 heteroatoms. The minimum absolute atomic E-state index is 0.225. The Morgan fingerprint density at radius 2 is 1.57 bits per heavy atom. The fourth-order valence-corrected chi connectivity index (χ4v) is 2.12. The van der Waals surface area contributed by atoms with Gasteiger partial charge in [0, 0.05) is 0 Å².